The molecule has 5 nitrogen and oxygen atoms in total. The van der Waals surface area contributed by atoms with Crippen LogP contribution in [-0.2, 0) is 4.79 Å². The largest absolute Gasteiger partial charge is 0.348 e. The Balaban J connectivity index is 2.02. The standard InChI is InChI=1S/C12H15N3O2/c1-7-2-4-8(5-3-7)11(16)15-10-9(6-13)14-12(10)17/h2-5,9-10H,6,13H2,1H3,(H,14,17)(H,15,16). The Morgan fingerprint density at radius 1 is 1.41 bits per heavy atom. The summed E-state index contributed by atoms with van der Waals surface area (Å²) in [4.78, 5) is 23.1. The van der Waals surface area contributed by atoms with Gasteiger partial charge in [0, 0.05) is 12.1 Å². The van der Waals surface area contributed by atoms with Crippen molar-refractivity contribution in [3.63, 3.8) is 0 Å². The Morgan fingerprint density at radius 3 is 2.59 bits per heavy atom. The molecule has 1 aromatic rings. The summed E-state index contributed by atoms with van der Waals surface area (Å²) in [6.45, 7) is 2.27. The third kappa shape index (κ3) is 2.29. The summed E-state index contributed by atoms with van der Waals surface area (Å²) >= 11 is 0. The smallest absolute Gasteiger partial charge is 0.251 e. The summed E-state index contributed by atoms with van der Waals surface area (Å²) in [5, 5.41) is 5.30. The van der Waals surface area contributed by atoms with Gasteiger partial charge in [-0.25, -0.2) is 0 Å². The van der Waals surface area contributed by atoms with E-state index in [9.17, 15) is 9.59 Å². The fourth-order valence-corrected chi connectivity index (χ4v) is 1.73. The van der Waals surface area contributed by atoms with E-state index in [4.69, 9.17) is 5.73 Å². The fourth-order valence-electron chi connectivity index (χ4n) is 1.73. The van der Waals surface area contributed by atoms with Crippen LogP contribution >= 0.6 is 0 Å². The molecule has 0 aromatic heterocycles. The van der Waals surface area contributed by atoms with Crippen molar-refractivity contribution < 1.29 is 9.59 Å². The second-order valence-corrected chi connectivity index (χ2v) is 4.17. The SMILES string of the molecule is Cc1ccc(C(=O)NC2C(=O)NC2CN)cc1. The molecule has 1 aliphatic heterocycles. The van der Waals surface area contributed by atoms with Crippen molar-refractivity contribution in [2.45, 2.75) is 19.0 Å². The van der Waals surface area contributed by atoms with Gasteiger partial charge in [0.2, 0.25) is 5.91 Å². The second kappa shape index (κ2) is 4.55. The quantitative estimate of drug-likeness (QED) is 0.618. The zero-order chi connectivity index (χ0) is 12.4. The number of carbonyl (C=O) groups is 2. The number of β-lactam (4-membered cyclic amide) rings is 1. The van der Waals surface area contributed by atoms with Crippen molar-refractivity contribution in [1.82, 2.24) is 10.6 Å². The molecule has 4 N–H and O–H groups in total. The summed E-state index contributed by atoms with van der Waals surface area (Å²) in [5.74, 6) is -0.427. The highest BCUT2D eigenvalue weighted by Gasteiger charge is 2.39. The van der Waals surface area contributed by atoms with Gasteiger partial charge in [0.1, 0.15) is 6.04 Å². The van der Waals surface area contributed by atoms with Crippen LogP contribution in [0, 0.1) is 6.92 Å². The molecule has 0 aliphatic carbocycles. The first kappa shape index (κ1) is 11.6. The van der Waals surface area contributed by atoms with Crippen LogP contribution in [0.4, 0.5) is 0 Å². The second-order valence-electron chi connectivity index (χ2n) is 4.17. The summed E-state index contributed by atoms with van der Waals surface area (Å²) in [6.07, 6.45) is 0. The first-order chi connectivity index (χ1) is 8.11. The number of rotatable bonds is 3. The van der Waals surface area contributed by atoms with Crippen LogP contribution in [0.5, 0.6) is 0 Å². The number of amides is 2. The van der Waals surface area contributed by atoms with Crippen molar-refractivity contribution >= 4 is 11.8 Å². The minimum atomic E-state index is -0.506. The molecule has 0 saturated carbocycles. The first-order valence-electron chi connectivity index (χ1n) is 5.50. The normalized spacial score (nSPS) is 22.6. The van der Waals surface area contributed by atoms with Gasteiger partial charge < -0.3 is 16.4 Å². The Hall–Kier alpha value is -1.88. The summed E-state index contributed by atoms with van der Waals surface area (Å²) < 4.78 is 0. The molecule has 0 radical (unpaired) electrons. The Bertz CT molecular complexity index is 442. The van der Waals surface area contributed by atoms with E-state index < -0.39 is 6.04 Å². The number of nitrogens with two attached hydrogens (primary N) is 1. The molecule has 90 valence electrons. The van der Waals surface area contributed by atoms with Crippen LogP contribution in [-0.4, -0.2) is 30.4 Å². The molecular weight excluding hydrogens is 218 g/mol. The average molecular weight is 233 g/mol. The number of hydrogen-bond acceptors (Lipinski definition) is 3. The lowest BCUT2D eigenvalue weighted by molar-refractivity contribution is -0.131. The minimum absolute atomic E-state index is 0.156. The predicted molar refractivity (Wildman–Crippen MR) is 63.4 cm³/mol. The fraction of sp³-hybridized carbons (Fsp3) is 0.333. The van der Waals surface area contributed by atoms with E-state index in [0.29, 0.717) is 12.1 Å². The predicted octanol–water partition coefficient (Wildman–Crippen LogP) is -0.449. The van der Waals surface area contributed by atoms with Crippen LogP contribution < -0.4 is 16.4 Å². The number of aryl methyl sites for hydroxylation is 1. The molecular formula is C12H15N3O2. The first-order valence-corrected chi connectivity index (χ1v) is 5.50. The monoisotopic (exact) mass is 233 g/mol. The Kier molecular flexibility index (Phi) is 3.10. The van der Waals surface area contributed by atoms with Crippen molar-refractivity contribution in [2.75, 3.05) is 6.54 Å². The van der Waals surface area contributed by atoms with E-state index in [-0.39, 0.29) is 17.9 Å². The topological polar surface area (TPSA) is 84.2 Å². The molecule has 17 heavy (non-hydrogen) atoms. The van der Waals surface area contributed by atoms with E-state index in [1.54, 1.807) is 12.1 Å². The molecule has 1 aliphatic rings. The van der Waals surface area contributed by atoms with Crippen LogP contribution in [0.1, 0.15) is 15.9 Å². The summed E-state index contributed by atoms with van der Waals surface area (Å²) in [5.41, 5.74) is 7.09. The van der Waals surface area contributed by atoms with Crippen LogP contribution in [0.3, 0.4) is 0 Å². The maximum absolute atomic E-state index is 11.8. The average Bonchev–Trinajstić information content (AvgIpc) is 2.33. The molecule has 1 fully saturated rings. The maximum atomic E-state index is 11.8. The third-order valence-electron chi connectivity index (χ3n) is 2.87. The zero-order valence-corrected chi connectivity index (χ0v) is 9.57. The van der Waals surface area contributed by atoms with Gasteiger partial charge in [-0.3, -0.25) is 9.59 Å². The summed E-state index contributed by atoms with van der Waals surface area (Å²) in [7, 11) is 0. The molecule has 2 atom stereocenters. The van der Waals surface area contributed by atoms with Crippen molar-refractivity contribution in [3.8, 4) is 0 Å². The lowest BCUT2D eigenvalue weighted by atomic mass is 9.98. The van der Waals surface area contributed by atoms with Gasteiger partial charge >= 0.3 is 0 Å². The van der Waals surface area contributed by atoms with Gasteiger partial charge in [0.05, 0.1) is 6.04 Å². The van der Waals surface area contributed by atoms with Gasteiger partial charge in [-0.2, -0.15) is 0 Å². The van der Waals surface area contributed by atoms with Crippen molar-refractivity contribution in [1.29, 1.82) is 0 Å². The van der Waals surface area contributed by atoms with Crippen LogP contribution in [0.2, 0.25) is 0 Å². The van der Waals surface area contributed by atoms with E-state index in [0.717, 1.165) is 5.56 Å². The zero-order valence-electron chi connectivity index (χ0n) is 9.57. The Morgan fingerprint density at radius 2 is 2.06 bits per heavy atom. The Labute approximate surface area is 99.4 Å². The van der Waals surface area contributed by atoms with Gasteiger partial charge in [-0.05, 0) is 19.1 Å². The lowest BCUT2D eigenvalue weighted by Gasteiger charge is -2.36. The molecule has 5 heteroatoms. The number of carbonyl (C=O) groups excluding carboxylic acids is 2. The number of nitrogens with one attached hydrogen (secondary N) is 2. The molecule has 1 heterocycles. The molecule has 2 amide bonds. The van der Waals surface area contributed by atoms with Gasteiger partial charge in [-0.15, -0.1) is 0 Å². The van der Waals surface area contributed by atoms with Crippen LogP contribution in [0.15, 0.2) is 24.3 Å². The van der Waals surface area contributed by atoms with E-state index in [1.165, 1.54) is 0 Å². The molecule has 2 unspecified atom stereocenters. The van der Waals surface area contributed by atoms with Crippen molar-refractivity contribution in [2.24, 2.45) is 5.73 Å². The van der Waals surface area contributed by atoms with Gasteiger partial charge in [-0.1, -0.05) is 17.7 Å². The van der Waals surface area contributed by atoms with E-state index in [2.05, 4.69) is 10.6 Å². The molecule has 1 saturated heterocycles. The lowest BCUT2D eigenvalue weighted by Crippen LogP contribution is -2.71. The van der Waals surface area contributed by atoms with Crippen LogP contribution in [0.25, 0.3) is 0 Å². The highest BCUT2D eigenvalue weighted by molar-refractivity contribution is 5.99. The maximum Gasteiger partial charge on any atom is 0.251 e. The number of hydrogen-bond donors (Lipinski definition) is 3. The summed E-state index contributed by atoms with van der Waals surface area (Å²) in [6, 6.07) is 6.52. The third-order valence-corrected chi connectivity index (χ3v) is 2.87. The van der Waals surface area contributed by atoms with Gasteiger partial charge in [0.15, 0.2) is 0 Å². The highest BCUT2D eigenvalue weighted by atomic mass is 16.2. The molecule has 1 aromatic carbocycles. The molecule has 0 bridgehead atoms. The van der Waals surface area contributed by atoms with E-state index >= 15 is 0 Å². The van der Waals surface area contributed by atoms with E-state index in [1.807, 2.05) is 19.1 Å². The highest BCUT2D eigenvalue weighted by Crippen LogP contribution is 2.08. The number of benzene rings is 1. The minimum Gasteiger partial charge on any atom is -0.348 e. The van der Waals surface area contributed by atoms with Crippen molar-refractivity contribution in [3.05, 3.63) is 35.4 Å². The van der Waals surface area contributed by atoms with Gasteiger partial charge in [0.25, 0.3) is 5.91 Å². The molecule has 0 spiro atoms. The molecule has 2 rings (SSSR count).